The Hall–Kier alpha value is -3.27. The summed E-state index contributed by atoms with van der Waals surface area (Å²) in [4.78, 5) is 37.5. The monoisotopic (exact) mass is 1020 g/mol. The fourth-order valence-corrected chi connectivity index (χ4v) is 8.37. The van der Waals surface area contributed by atoms with Gasteiger partial charge in [0.1, 0.15) is 13.2 Å². The molecule has 0 radical (unpaired) electrons. The van der Waals surface area contributed by atoms with Crippen molar-refractivity contribution in [3.05, 3.63) is 72.9 Å². The maximum atomic E-state index is 12.9. The molecular weight excluding hydrogens is 911 g/mol. The highest BCUT2D eigenvalue weighted by atomic mass is 16.7. The highest BCUT2D eigenvalue weighted by Gasteiger charge is 2.25. The molecule has 73 heavy (non-hydrogen) atoms. The third-order valence-electron chi connectivity index (χ3n) is 13.0. The number of aliphatic carboxylic acids is 1. The smallest absolute Gasteiger partial charge is 0.361 e. The van der Waals surface area contributed by atoms with Crippen molar-refractivity contribution in [1.29, 1.82) is 0 Å². The molecular formula is C64H114NO8+. The number of quaternary nitrogens is 1. The predicted octanol–water partition coefficient (Wildman–Crippen LogP) is 17.8. The van der Waals surface area contributed by atoms with Gasteiger partial charge in [-0.05, 0) is 64.2 Å². The number of unbranched alkanes of at least 4 members (excludes halogenated alkanes) is 28. The van der Waals surface area contributed by atoms with E-state index < -0.39 is 24.3 Å². The summed E-state index contributed by atoms with van der Waals surface area (Å²) in [6.07, 6.45) is 68.3. The van der Waals surface area contributed by atoms with E-state index in [1.54, 1.807) is 0 Å². The Morgan fingerprint density at radius 2 is 0.781 bits per heavy atom. The Bertz CT molecular complexity index is 1420. The summed E-state index contributed by atoms with van der Waals surface area (Å²) in [7, 11) is 5.97. The molecule has 2 unspecified atom stereocenters. The van der Waals surface area contributed by atoms with Crippen LogP contribution in [0.3, 0.4) is 0 Å². The van der Waals surface area contributed by atoms with Crippen molar-refractivity contribution in [2.24, 2.45) is 0 Å². The van der Waals surface area contributed by atoms with Gasteiger partial charge in [0.05, 0.1) is 34.4 Å². The lowest BCUT2D eigenvalue weighted by atomic mass is 10.0. The van der Waals surface area contributed by atoms with E-state index in [0.29, 0.717) is 23.9 Å². The van der Waals surface area contributed by atoms with Gasteiger partial charge < -0.3 is 28.5 Å². The van der Waals surface area contributed by atoms with Crippen LogP contribution in [0.25, 0.3) is 0 Å². The number of carboxylic acid groups (broad SMARTS) is 1. The maximum Gasteiger partial charge on any atom is 0.361 e. The van der Waals surface area contributed by atoms with Crippen LogP contribution in [-0.2, 0) is 33.3 Å². The Labute approximate surface area is 449 Å². The average molecular weight is 1030 g/mol. The largest absolute Gasteiger partial charge is 0.477 e. The topological polar surface area (TPSA) is 108 Å². The Morgan fingerprint density at radius 3 is 1.16 bits per heavy atom. The molecule has 0 spiro atoms. The highest BCUT2D eigenvalue weighted by Crippen LogP contribution is 2.17. The van der Waals surface area contributed by atoms with Gasteiger partial charge in [-0.25, -0.2) is 4.79 Å². The summed E-state index contributed by atoms with van der Waals surface area (Å²) >= 11 is 0. The van der Waals surface area contributed by atoms with Crippen molar-refractivity contribution in [2.75, 3.05) is 47.5 Å². The van der Waals surface area contributed by atoms with Gasteiger partial charge >= 0.3 is 17.9 Å². The molecule has 2 atom stereocenters. The molecule has 0 saturated heterocycles. The Kier molecular flexibility index (Phi) is 52.5. The number of nitrogens with zero attached hydrogens (tertiary/aromatic N) is 1. The summed E-state index contributed by atoms with van der Waals surface area (Å²) < 4.78 is 22.9. The van der Waals surface area contributed by atoms with Crippen LogP contribution in [0.1, 0.15) is 258 Å². The van der Waals surface area contributed by atoms with E-state index in [1.165, 1.54) is 141 Å². The first kappa shape index (κ1) is 69.7. The Balaban J connectivity index is 4.22. The second kappa shape index (κ2) is 55.0. The normalized spacial score (nSPS) is 13.3. The molecule has 1 N–H and O–H groups in total. The van der Waals surface area contributed by atoms with E-state index in [2.05, 4.69) is 86.8 Å². The summed E-state index contributed by atoms with van der Waals surface area (Å²) in [6.45, 7) is 4.79. The molecule has 9 heteroatoms. The molecule has 0 aliphatic heterocycles. The first-order valence-electron chi connectivity index (χ1n) is 30.1. The molecule has 9 nitrogen and oxygen atoms in total. The summed E-state index contributed by atoms with van der Waals surface area (Å²) in [6, 6.07) is 0. The number of esters is 2. The van der Waals surface area contributed by atoms with Crippen molar-refractivity contribution < 1.29 is 42.9 Å². The van der Waals surface area contributed by atoms with Crippen LogP contribution in [0, 0.1) is 0 Å². The summed E-state index contributed by atoms with van der Waals surface area (Å²) in [5, 5.41) is 9.71. The first-order valence-corrected chi connectivity index (χ1v) is 30.1. The minimum atomic E-state index is -1.51. The minimum Gasteiger partial charge on any atom is -0.477 e. The molecule has 0 aliphatic carbocycles. The van der Waals surface area contributed by atoms with Gasteiger partial charge in [-0.15, -0.1) is 0 Å². The molecule has 0 aromatic rings. The number of carbonyl (C=O) groups is 3. The van der Waals surface area contributed by atoms with Crippen LogP contribution in [0.2, 0.25) is 0 Å². The number of allylic oxidation sites excluding steroid dienone is 12. The molecule has 0 bridgehead atoms. The number of rotatable bonds is 55. The van der Waals surface area contributed by atoms with Crippen LogP contribution < -0.4 is 0 Å². The standard InChI is InChI=1S/C64H113NO8/c1-6-8-10-12-14-16-18-20-22-24-26-27-28-29-30-31-32-33-34-35-37-39-41-43-45-47-49-51-53-55-62(67)73-60(59-72-64(63(68)69)70-57-56-65(3,4)5)58-71-61(66)54-52-50-48-46-44-42-40-38-36-25-23-21-19-17-15-13-11-9-7-2/h8,10,14,16,20,22,26-27,29-30,32-33,60,64H,6-7,9,11-13,15,17-19,21,23-25,28,31,34-59H2,1-5H3/p+1/b10-8-,16-14-,22-20-,27-26-,30-29-,33-32-. The van der Waals surface area contributed by atoms with E-state index >= 15 is 0 Å². The zero-order valence-corrected chi connectivity index (χ0v) is 48.0. The van der Waals surface area contributed by atoms with E-state index in [1.807, 2.05) is 21.1 Å². The molecule has 0 heterocycles. The number of carboxylic acids is 1. The van der Waals surface area contributed by atoms with Gasteiger partial charge in [-0.2, -0.15) is 0 Å². The molecule has 422 valence electrons. The average Bonchev–Trinajstić information content (AvgIpc) is 3.36. The summed E-state index contributed by atoms with van der Waals surface area (Å²) in [5.41, 5.74) is 0. The lowest BCUT2D eigenvalue weighted by Crippen LogP contribution is -2.40. The third kappa shape index (κ3) is 56.3. The molecule has 0 rings (SSSR count). The van der Waals surface area contributed by atoms with Gasteiger partial charge in [0.2, 0.25) is 0 Å². The zero-order chi connectivity index (χ0) is 53.4. The van der Waals surface area contributed by atoms with E-state index in [4.69, 9.17) is 18.9 Å². The number of carbonyl (C=O) groups excluding carboxylic acids is 2. The van der Waals surface area contributed by atoms with Crippen molar-refractivity contribution in [1.82, 2.24) is 0 Å². The number of likely N-dealkylation sites (N-methyl/N-ethyl adjacent to an activating group) is 1. The molecule has 0 aromatic heterocycles. The van der Waals surface area contributed by atoms with Crippen LogP contribution in [0.4, 0.5) is 0 Å². The van der Waals surface area contributed by atoms with Crippen molar-refractivity contribution in [2.45, 2.75) is 270 Å². The summed E-state index contributed by atoms with van der Waals surface area (Å²) in [5.74, 6) is -2.00. The molecule has 0 fully saturated rings. The zero-order valence-electron chi connectivity index (χ0n) is 48.0. The van der Waals surface area contributed by atoms with Gasteiger partial charge in [0.25, 0.3) is 6.29 Å². The Morgan fingerprint density at radius 1 is 0.425 bits per heavy atom. The third-order valence-corrected chi connectivity index (χ3v) is 13.0. The van der Waals surface area contributed by atoms with Gasteiger partial charge in [-0.3, -0.25) is 9.59 Å². The SMILES string of the molecule is CC/C=C\C/C=C\C/C=C\C/C=C\C/C=C\C/C=C\CCCCCCCCCCCCC(=O)OC(COC(=O)CCCCCCCCCCCCCCCCCCCCC)COC(OCC[N+](C)(C)C)C(=O)O. The predicted molar refractivity (Wildman–Crippen MR) is 309 cm³/mol. The van der Waals surface area contributed by atoms with Gasteiger partial charge in [0, 0.05) is 12.8 Å². The number of ether oxygens (including phenoxy) is 4. The van der Waals surface area contributed by atoms with Crippen molar-refractivity contribution in [3.8, 4) is 0 Å². The molecule has 0 aliphatic rings. The fraction of sp³-hybridized carbons (Fsp3) is 0.766. The van der Waals surface area contributed by atoms with Gasteiger partial charge in [-0.1, -0.05) is 254 Å². The minimum absolute atomic E-state index is 0.183. The van der Waals surface area contributed by atoms with E-state index in [9.17, 15) is 19.5 Å². The van der Waals surface area contributed by atoms with Crippen molar-refractivity contribution in [3.63, 3.8) is 0 Å². The van der Waals surface area contributed by atoms with E-state index in [-0.39, 0.29) is 32.2 Å². The molecule has 0 aromatic carbocycles. The number of hydrogen-bond donors (Lipinski definition) is 1. The number of hydrogen-bond acceptors (Lipinski definition) is 7. The highest BCUT2D eigenvalue weighted by molar-refractivity contribution is 5.71. The van der Waals surface area contributed by atoms with Crippen LogP contribution in [0.15, 0.2) is 72.9 Å². The molecule has 0 saturated carbocycles. The lowest BCUT2D eigenvalue weighted by Gasteiger charge is -2.25. The van der Waals surface area contributed by atoms with Gasteiger partial charge in [0.15, 0.2) is 6.10 Å². The first-order chi connectivity index (χ1) is 35.6. The second-order valence-corrected chi connectivity index (χ2v) is 21.3. The fourth-order valence-electron chi connectivity index (χ4n) is 8.37. The lowest BCUT2D eigenvalue weighted by molar-refractivity contribution is -0.870. The maximum absolute atomic E-state index is 12.9. The quantitative estimate of drug-likeness (QED) is 0.0211. The van der Waals surface area contributed by atoms with E-state index in [0.717, 1.165) is 83.5 Å². The van der Waals surface area contributed by atoms with Crippen molar-refractivity contribution >= 4 is 17.9 Å². The van der Waals surface area contributed by atoms with Crippen LogP contribution in [0.5, 0.6) is 0 Å². The molecule has 0 amide bonds. The second-order valence-electron chi connectivity index (χ2n) is 21.3. The van der Waals surface area contributed by atoms with Crippen LogP contribution >= 0.6 is 0 Å². The van der Waals surface area contributed by atoms with Crippen LogP contribution in [-0.4, -0.2) is 87.4 Å².